The summed E-state index contributed by atoms with van der Waals surface area (Å²) < 4.78 is 32.8. The number of benzene rings is 4. The molecule has 0 saturated carbocycles. The third kappa shape index (κ3) is 5.54. The molecule has 0 radical (unpaired) electrons. The molecule has 0 amide bonds. The van der Waals surface area contributed by atoms with Crippen molar-refractivity contribution < 1.29 is 23.4 Å². The molecule has 0 aliphatic carbocycles. The Labute approximate surface area is 256 Å². The zero-order valence-electron chi connectivity index (χ0n) is 24.4. The van der Waals surface area contributed by atoms with Crippen molar-refractivity contribution in [2.24, 2.45) is 4.99 Å². The number of rotatable bonds is 8. The minimum Gasteiger partial charge on any atom is -0.493 e. The third-order valence-electron chi connectivity index (χ3n) is 7.45. The summed E-state index contributed by atoms with van der Waals surface area (Å²) in [6.45, 7) is 3.95. The van der Waals surface area contributed by atoms with Gasteiger partial charge in [0.1, 0.15) is 12.4 Å². The molecule has 4 aromatic carbocycles. The predicted molar refractivity (Wildman–Crippen MR) is 168 cm³/mol. The highest BCUT2D eigenvalue weighted by Gasteiger charge is 2.33. The summed E-state index contributed by atoms with van der Waals surface area (Å²) in [6, 6.07) is 24.7. The Bertz CT molecular complexity index is 2090. The van der Waals surface area contributed by atoms with Gasteiger partial charge >= 0.3 is 5.97 Å². The Hall–Kier alpha value is -5.02. The number of carbonyl (C=O) groups is 1. The van der Waals surface area contributed by atoms with Crippen LogP contribution in [0, 0.1) is 5.82 Å². The number of hydrogen-bond acceptors (Lipinski definition) is 7. The van der Waals surface area contributed by atoms with Crippen LogP contribution in [0.1, 0.15) is 36.6 Å². The van der Waals surface area contributed by atoms with Gasteiger partial charge in [0, 0.05) is 0 Å². The van der Waals surface area contributed by atoms with Gasteiger partial charge in [0.25, 0.3) is 5.56 Å². The van der Waals surface area contributed by atoms with E-state index in [9.17, 15) is 14.0 Å². The molecule has 1 aliphatic heterocycles. The Balaban J connectivity index is 1.36. The summed E-state index contributed by atoms with van der Waals surface area (Å²) >= 11 is 1.21. The average molecular weight is 609 g/mol. The van der Waals surface area contributed by atoms with E-state index in [0.717, 1.165) is 21.9 Å². The second-order valence-corrected chi connectivity index (χ2v) is 11.2. The van der Waals surface area contributed by atoms with Crippen LogP contribution in [0.2, 0.25) is 0 Å². The minimum absolute atomic E-state index is 0.166. The Kier molecular flexibility index (Phi) is 8.13. The maximum atomic E-state index is 13.9. The number of carbonyl (C=O) groups excluding carboxylic acids is 1. The Morgan fingerprint density at radius 2 is 1.80 bits per heavy atom. The summed E-state index contributed by atoms with van der Waals surface area (Å²) in [7, 11) is 1.57. The molecule has 1 aliphatic rings. The van der Waals surface area contributed by atoms with Gasteiger partial charge in [0.2, 0.25) is 0 Å². The molecule has 0 saturated heterocycles. The molecule has 2 heterocycles. The summed E-state index contributed by atoms with van der Waals surface area (Å²) in [6.07, 6.45) is 1.76. The highest BCUT2D eigenvalue weighted by atomic mass is 32.1. The molecule has 222 valence electrons. The summed E-state index contributed by atoms with van der Waals surface area (Å²) in [4.78, 5) is 31.9. The fraction of sp³-hybridized carbons (Fsp3) is 0.171. The maximum Gasteiger partial charge on any atom is 0.338 e. The van der Waals surface area contributed by atoms with E-state index in [-0.39, 0.29) is 17.7 Å². The van der Waals surface area contributed by atoms with Crippen molar-refractivity contribution in [1.82, 2.24) is 4.57 Å². The van der Waals surface area contributed by atoms with Crippen LogP contribution >= 0.6 is 11.3 Å². The molecule has 0 spiro atoms. The lowest BCUT2D eigenvalue weighted by Gasteiger charge is -2.24. The van der Waals surface area contributed by atoms with Crippen molar-refractivity contribution in [2.75, 3.05) is 13.7 Å². The van der Waals surface area contributed by atoms with E-state index in [1.54, 1.807) is 39.2 Å². The van der Waals surface area contributed by atoms with Crippen molar-refractivity contribution in [3.8, 4) is 11.5 Å². The van der Waals surface area contributed by atoms with Gasteiger partial charge in [-0.2, -0.15) is 0 Å². The molecular weight excluding hydrogens is 579 g/mol. The van der Waals surface area contributed by atoms with E-state index in [1.807, 2.05) is 42.5 Å². The lowest BCUT2D eigenvalue weighted by atomic mass is 9.96. The molecule has 1 atom stereocenters. The van der Waals surface area contributed by atoms with Crippen molar-refractivity contribution in [3.05, 3.63) is 138 Å². The number of hydrogen-bond donors (Lipinski definition) is 0. The lowest BCUT2D eigenvalue weighted by Crippen LogP contribution is -2.39. The summed E-state index contributed by atoms with van der Waals surface area (Å²) in [5.74, 6) is 0.112. The van der Waals surface area contributed by atoms with Gasteiger partial charge in [-0.15, -0.1) is 0 Å². The fourth-order valence-electron chi connectivity index (χ4n) is 5.37. The smallest absolute Gasteiger partial charge is 0.338 e. The van der Waals surface area contributed by atoms with E-state index >= 15 is 0 Å². The van der Waals surface area contributed by atoms with Crippen LogP contribution in [-0.2, 0) is 16.1 Å². The quantitative estimate of drug-likeness (QED) is 0.212. The van der Waals surface area contributed by atoms with Gasteiger partial charge in [-0.1, -0.05) is 72.0 Å². The van der Waals surface area contributed by atoms with Crippen LogP contribution in [0.25, 0.3) is 16.8 Å². The summed E-state index contributed by atoms with van der Waals surface area (Å²) in [5, 5.41) is 2.27. The maximum absolute atomic E-state index is 13.9. The molecule has 7 nitrogen and oxygen atoms in total. The van der Waals surface area contributed by atoms with E-state index in [2.05, 4.69) is 23.2 Å². The molecule has 0 N–H and O–H groups in total. The SMILES string of the molecule is CCOC(=O)C1=C(C)N=c2s/c(=C\c3ccc(OCc4cccc5ccccc45)c(OC)c3)c(=O)n2[C@H]1c1ccc(F)cc1. The number of nitrogens with zero attached hydrogens (tertiary/aromatic N) is 2. The van der Waals surface area contributed by atoms with E-state index in [0.29, 0.717) is 38.7 Å². The van der Waals surface area contributed by atoms with Crippen LogP contribution in [0.3, 0.4) is 0 Å². The van der Waals surface area contributed by atoms with Gasteiger partial charge in [0.05, 0.1) is 35.6 Å². The fourth-order valence-corrected chi connectivity index (χ4v) is 6.42. The number of aromatic nitrogens is 1. The first-order valence-electron chi connectivity index (χ1n) is 14.1. The van der Waals surface area contributed by atoms with Crippen molar-refractivity contribution in [1.29, 1.82) is 0 Å². The lowest BCUT2D eigenvalue weighted by molar-refractivity contribution is -0.139. The van der Waals surface area contributed by atoms with Crippen LogP contribution in [-0.4, -0.2) is 24.3 Å². The van der Waals surface area contributed by atoms with Crippen molar-refractivity contribution >= 4 is 34.2 Å². The third-order valence-corrected chi connectivity index (χ3v) is 8.43. The monoisotopic (exact) mass is 608 g/mol. The summed E-state index contributed by atoms with van der Waals surface area (Å²) in [5.41, 5.74) is 2.72. The standard InChI is InChI=1S/C35H29FN2O5S/c1-4-42-34(40)31-21(2)37-35-38(32(31)24-13-15-26(36)16-14-24)33(39)30(44-35)19-22-12-17-28(29(18-22)41-3)43-20-25-10-7-9-23-8-5-6-11-27(23)25/h5-19,32H,4,20H2,1-3H3/b30-19-/t32-/m0/s1. The molecule has 9 heteroatoms. The van der Waals surface area contributed by atoms with Gasteiger partial charge < -0.3 is 14.2 Å². The first-order valence-corrected chi connectivity index (χ1v) is 14.9. The second-order valence-electron chi connectivity index (χ2n) is 10.2. The topological polar surface area (TPSA) is 79.1 Å². The van der Waals surface area contributed by atoms with Gasteiger partial charge in [0.15, 0.2) is 16.3 Å². The number of ether oxygens (including phenoxy) is 3. The molecule has 0 fully saturated rings. The van der Waals surface area contributed by atoms with Crippen LogP contribution in [0.4, 0.5) is 4.39 Å². The van der Waals surface area contributed by atoms with Gasteiger partial charge in [-0.05, 0) is 71.7 Å². The van der Waals surface area contributed by atoms with Crippen LogP contribution in [0.5, 0.6) is 11.5 Å². The van der Waals surface area contributed by atoms with Crippen LogP contribution in [0.15, 0.2) is 106 Å². The Morgan fingerprint density at radius 3 is 2.57 bits per heavy atom. The molecule has 1 aromatic heterocycles. The Morgan fingerprint density at radius 1 is 1.02 bits per heavy atom. The normalized spacial score (nSPS) is 14.7. The van der Waals surface area contributed by atoms with Crippen molar-refractivity contribution in [3.63, 3.8) is 0 Å². The minimum atomic E-state index is -0.813. The highest BCUT2D eigenvalue weighted by molar-refractivity contribution is 7.07. The second kappa shape index (κ2) is 12.3. The average Bonchev–Trinajstić information content (AvgIpc) is 3.33. The zero-order chi connectivity index (χ0) is 30.8. The zero-order valence-corrected chi connectivity index (χ0v) is 25.2. The number of allylic oxidation sites excluding steroid dienone is 1. The number of esters is 1. The molecule has 5 aromatic rings. The number of fused-ring (bicyclic) bond motifs is 2. The first-order chi connectivity index (χ1) is 21.4. The largest absolute Gasteiger partial charge is 0.493 e. The van der Waals surface area contributed by atoms with Gasteiger partial charge in [-0.25, -0.2) is 14.2 Å². The molecule has 44 heavy (non-hydrogen) atoms. The van der Waals surface area contributed by atoms with Gasteiger partial charge in [-0.3, -0.25) is 9.36 Å². The predicted octanol–water partition coefficient (Wildman–Crippen LogP) is 5.68. The first kappa shape index (κ1) is 29.1. The molecular formula is C35H29FN2O5S. The number of methoxy groups -OCH3 is 1. The highest BCUT2D eigenvalue weighted by Crippen LogP contribution is 2.32. The van der Waals surface area contributed by atoms with E-state index in [4.69, 9.17) is 14.2 Å². The molecule has 6 rings (SSSR count). The van der Waals surface area contributed by atoms with Crippen LogP contribution < -0.4 is 24.4 Å². The number of thiazole rings is 1. The van der Waals surface area contributed by atoms with E-state index < -0.39 is 17.8 Å². The molecule has 0 unspecified atom stereocenters. The molecule has 0 bridgehead atoms. The number of halogens is 1. The van der Waals surface area contributed by atoms with Crippen molar-refractivity contribution in [2.45, 2.75) is 26.5 Å². The van der Waals surface area contributed by atoms with E-state index in [1.165, 1.54) is 28.0 Å².